The summed E-state index contributed by atoms with van der Waals surface area (Å²) in [4.78, 5) is 11.6. The summed E-state index contributed by atoms with van der Waals surface area (Å²) in [5.74, 6) is 0.186. The average Bonchev–Trinajstić information content (AvgIpc) is 2.77. The summed E-state index contributed by atoms with van der Waals surface area (Å²) >= 11 is 1.52. The van der Waals surface area contributed by atoms with Crippen molar-refractivity contribution in [1.82, 2.24) is 5.32 Å². The molecule has 2 atom stereocenters. The maximum Gasteiger partial charge on any atom is 0.237 e. The van der Waals surface area contributed by atoms with E-state index in [0.29, 0.717) is 12.3 Å². The standard InChI is InChI=1S/C12H20N2O2S.ClH/c1-8(2)5-10(13)12(16)14-6-11(15)9-3-4-17-7-9;/h3-4,7-8,10-11,15H,5-6,13H2,1-2H3,(H,14,16);1H/t10-,11?;/m0./s1. The fraction of sp³-hybridized carbons (Fsp3) is 0.583. The van der Waals surface area contributed by atoms with Gasteiger partial charge in [0.25, 0.3) is 0 Å². The molecule has 0 saturated heterocycles. The molecule has 1 amide bonds. The molecule has 1 aromatic rings. The van der Waals surface area contributed by atoms with E-state index in [1.54, 1.807) is 0 Å². The summed E-state index contributed by atoms with van der Waals surface area (Å²) in [7, 11) is 0. The van der Waals surface area contributed by atoms with Crippen LogP contribution in [-0.2, 0) is 4.79 Å². The van der Waals surface area contributed by atoms with Crippen LogP contribution in [-0.4, -0.2) is 23.6 Å². The minimum atomic E-state index is -0.656. The van der Waals surface area contributed by atoms with E-state index in [0.717, 1.165) is 5.56 Å². The predicted molar refractivity (Wildman–Crippen MR) is 77.0 cm³/mol. The van der Waals surface area contributed by atoms with Crippen molar-refractivity contribution in [2.24, 2.45) is 11.7 Å². The number of carbonyl (C=O) groups excluding carboxylic acids is 1. The van der Waals surface area contributed by atoms with Crippen molar-refractivity contribution in [2.75, 3.05) is 6.54 Å². The number of hydrogen-bond acceptors (Lipinski definition) is 4. The number of halogens is 1. The van der Waals surface area contributed by atoms with Gasteiger partial charge in [-0.05, 0) is 34.7 Å². The van der Waals surface area contributed by atoms with Crippen LogP contribution in [0.4, 0.5) is 0 Å². The van der Waals surface area contributed by atoms with Gasteiger partial charge in [0.1, 0.15) is 0 Å². The molecule has 1 aromatic heterocycles. The van der Waals surface area contributed by atoms with E-state index in [2.05, 4.69) is 5.32 Å². The molecule has 104 valence electrons. The molecule has 1 rings (SSSR count). The molecular weight excluding hydrogens is 272 g/mol. The summed E-state index contributed by atoms with van der Waals surface area (Å²) in [6.45, 7) is 4.25. The smallest absolute Gasteiger partial charge is 0.237 e. The number of hydrogen-bond donors (Lipinski definition) is 3. The van der Waals surface area contributed by atoms with Crippen molar-refractivity contribution in [1.29, 1.82) is 0 Å². The van der Waals surface area contributed by atoms with Gasteiger partial charge in [-0.1, -0.05) is 13.8 Å². The molecular formula is C12H21ClN2O2S. The summed E-state index contributed by atoms with van der Waals surface area (Å²) in [6.07, 6.45) is -0.00291. The molecule has 4 nitrogen and oxygen atoms in total. The SMILES string of the molecule is CC(C)C[C@H](N)C(=O)NCC(O)c1ccsc1.Cl. The minimum absolute atomic E-state index is 0. The van der Waals surface area contributed by atoms with Gasteiger partial charge in [0.05, 0.1) is 12.1 Å². The summed E-state index contributed by atoms with van der Waals surface area (Å²) in [6, 6.07) is 1.35. The van der Waals surface area contributed by atoms with Crippen molar-refractivity contribution in [3.8, 4) is 0 Å². The van der Waals surface area contributed by atoms with Crippen molar-refractivity contribution >= 4 is 29.7 Å². The third kappa shape index (κ3) is 5.82. The monoisotopic (exact) mass is 292 g/mol. The van der Waals surface area contributed by atoms with Crippen molar-refractivity contribution in [3.05, 3.63) is 22.4 Å². The van der Waals surface area contributed by atoms with Crippen LogP contribution in [0.1, 0.15) is 31.9 Å². The summed E-state index contributed by atoms with van der Waals surface area (Å²) in [5.41, 5.74) is 6.56. The maximum atomic E-state index is 11.6. The molecule has 18 heavy (non-hydrogen) atoms. The van der Waals surface area contributed by atoms with Gasteiger partial charge in [-0.15, -0.1) is 12.4 Å². The van der Waals surface area contributed by atoms with Gasteiger partial charge in [-0.2, -0.15) is 11.3 Å². The minimum Gasteiger partial charge on any atom is -0.387 e. The van der Waals surface area contributed by atoms with Crippen molar-refractivity contribution in [2.45, 2.75) is 32.4 Å². The van der Waals surface area contributed by atoms with Crippen molar-refractivity contribution in [3.63, 3.8) is 0 Å². The Morgan fingerprint density at radius 1 is 1.56 bits per heavy atom. The lowest BCUT2D eigenvalue weighted by Gasteiger charge is -2.16. The first-order valence-corrected chi connectivity index (χ1v) is 6.68. The van der Waals surface area contributed by atoms with Crippen LogP contribution in [0.3, 0.4) is 0 Å². The van der Waals surface area contributed by atoms with E-state index in [4.69, 9.17) is 5.73 Å². The first-order valence-electron chi connectivity index (χ1n) is 5.74. The lowest BCUT2D eigenvalue weighted by molar-refractivity contribution is -0.123. The number of aliphatic hydroxyl groups is 1. The lowest BCUT2D eigenvalue weighted by Crippen LogP contribution is -2.42. The maximum absolute atomic E-state index is 11.6. The Labute approximate surface area is 118 Å². The Morgan fingerprint density at radius 3 is 2.72 bits per heavy atom. The van der Waals surface area contributed by atoms with Crippen LogP contribution in [0.2, 0.25) is 0 Å². The predicted octanol–water partition coefficient (Wildman–Crippen LogP) is 1.69. The van der Waals surface area contributed by atoms with E-state index in [-0.39, 0.29) is 24.9 Å². The number of nitrogens with two attached hydrogens (primary N) is 1. The number of rotatable bonds is 6. The van der Waals surface area contributed by atoms with Crippen LogP contribution >= 0.6 is 23.7 Å². The second-order valence-electron chi connectivity index (χ2n) is 4.55. The first kappa shape index (κ1) is 17.4. The highest BCUT2D eigenvalue weighted by atomic mass is 35.5. The van der Waals surface area contributed by atoms with Crippen LogP contribution < -0.4 is 11.1 Å². The van der Waals surface area contributed by atoms with Gasteiger partial charge in [0.15, 0.2) is 0 Å². The second kappa shape index (κ2) is 8.48. The Bertz CT molecular complexity index is 344. The van der Waals surface area contributed by atoms with Crippen LogP contribution in [0.5, 0.6) is 0 Å². The Hall–Kier alpha value is -0.620. The van der Waals surface area contributed by atoms with E-state index in [1.165, 1.54) is 11.3 Å². The zero-order valence-corrected chi connectivity index (χ0v) is 12.3. The average molecular weight is 293 g/mol. The molecule has 1 unspecified atom stereocenters. The molecule has 0 aliphatic carbocycles. The Kier molecular flexibility index (Phi) is 8.18. The van der Waals surface area contributed by atoms with Crippen molar-refractivity contribution < 1.29 is 9.90 Å². The molecule has 1 heterocycles. The number of aliphatic hydroxyl groups excluding tert-OH is 1. The zero-order chi connectivity index (χ0) is 12.8. The molecule has 0 spiro atoms. The quantitative estimate of drug-likeness (QED) is 0.747. The molecule has 0 radical (unpaired) electrons. The highest BCUT2D eigenvalue weighted by Crippen LogP contribution is 2.15. The molecule has 4 N–H and O–H groups in total. The molecule has 0 fully saturated rings. The van der Waals surface area contributed by atoms with Crippen LogP contribution in [0, 0.1) is 5.92 Å². The molecule has 0 bridgehead atoms. The topological polar surface area (TPSA) is 75.4 Å². The molecule has 0 aliphatic rings. The number of thiophene rings is 1. The third-order valence-electron chi connectivity index (χ3n) is 2.46. The number of nitrogens with one attached hydrogen (secondary N) is 1. The summed E-state index contributed by atoms with van der Waals surface area (Å²) in [5, 5.41) is 16.2. The second-order valence-corrected chi connectivity index (χ2v) is 5.33. The van der Waals surface area contributed by atoms with Gasteiger partial charge in [0.2, 0.25) is 5.91 Å². The normalized spacial score (nSPS) is 13.8. The van der Waals surface area contributed by atoms with Gasteiger partial charge in [-0.25, -0.2) is 0 Å². The van der Waals surface area contributed by atoms with E-state index >= 15 is 0 Å². The lowest BCUT2D eigenvalue weighted by atomic mass is 10.0. The molecule has 0 aromatic carbocycles. The van der Waals surface area contributed by atoms with Gasteiger partial charge < -0.3 is 16.2 Å². The summed E-state index contributed by atoms with van der Waals surface area (Å²) < 4.78 is 0. The van der Waals surface area contributed by atoms with Gasteiger partial charge in [0, 0.05) is 6.54 Å². The molecule has 6 heteroatoms. The van der Waals surface area contributed by atoms with Gasteiger partial charge in [-0.3, -0.25) is 4.79 Å². The Morgan fingerprint density at radius 2 is 2.22 bits per heavy atom. The van der Waals surface area contributed by atoms with Crippen LogP contribution in [0.15, 0.2) is 16.8 Å². The highest BCUT2D eigenvalue weighted by molar-refractivity contribution is 7.07. The fourth-order valence-electron chi connectivity index (χ4n) is 1.53. The first-order chi connectivity index (χ1) is 8.00. The highest BCUT2D eigenvalue weighted by Gasteiger charge is 2.16. The fourth-order valence-corrected chi connectivity index (χ4v) is 2.23. The Balaban J connectivity index is 0.00000289. The van der Waals surface area contributed by atoms with Gasteiger partial charge >= 0.3 is 0 Å². The largest absolute Gasteiger partial charge is 0.387 e. The van der Waals surface area contributed by atoms with E-state index in [1.807, 2.05) is 30.7 Å². The van der Waals surface area contributed by atoms with E-state index < -0.39 is 12.1 Å². The number of carbonyl (C=O) groups is 1. The molecule has 0 saturated carbocycles. The zero-order valence-electron chi connectivity index (χ0n) is 10.6. The third-order valence-corrected chi connectivity index (χ3v) is 3.16. The number of amides is 1. The van der Waals surface area contributed by atoms with E-state index in [9.17, 15) is 9.90 Å². The molecule has 0 aliphatic heterocycles. The van der Waals surface area contributed by atoms with Crippen LogP contribution in [0.25, 0.3) is 0 Å².